The predicted octanol–water partition coefficient (Wildman–Crippen LogP) is 4.90. The first-order valence-corrected chi connectivity index (χ1v) is 8.39. The van der Waals surface area contributed by atoms with Gasteiger partial charge in [0.25, 0.3) is 0 Å². The molecule has 0 unspecified atom stereocenters. The van der Waals surface area contributed by atoms with Crippen LogP contribution < -0.4 is 0 Å². The quantitative estimate of drug-likeness (QED) is 0.705. The third-order valence-corrected chi connectivity index (χ3v) is 5.53. The van der Waals surface area contributed by atoms with Crippen LogP contribution in [-0.2, 0) is 12.8 Å². The van der Waals surface area contributed by atoms with E-state index in [4.69, 9.17) is 4.99 Å². The van der Waals surface area contributed by atoms with Crippen LogP contribution >= 0.6 is 11.3 Å². The third kappa shape index (κ3) is 1.94. The molecule has 102 valence electrons. The average molecular weight is 281 g/mol. The van der Waals surface area contributed by atoms with Crippen molar-refractivity contribution in [1.29, 1.82) is 0 Å². The summed E-state index contributed by atoms with van der Waals surface area (Å²) in [5, 5.41) is 4.43. The first kappa shape index (κ1) is 12.3. The maximum atomic E-state index is 4.99. The van der Waals surface area contributed by atoms with E-state index in [0.717, 1.165) is 6.42 Å². The summed E-state index contributed by atoms with van der Waals surface area (Å²) >= 11 is 1.78. The second-order valence-corrected chi connectivity index (χ2v) is 6.98. The first-order valence-electron chi connectivity index (χ1n) is 7.44. The van der Waals surface area contributed by atoms with Gasteiger partial charge >= 0.3 is 0 Å². The van der Waals surface area contributed by atoms with Crippen molar-refractivity contribution in [3.8, 4) is 11.1 Å². The fourth-order valence-corrected chi connectivity index (χ4v) is 4.48. The maximum Gasteiger partial charge on any atom is 0.0654 e. The van der Waals surface area contributed by atoms with Gasteiger partial charge in [0.15, 0.2) is 0 Å². The van der Waals surface area contributed by atoms with Gasteiger partial charge in [0.1, 0.15) is 0 Å². The molecule has 1 aliphatic carbocycles. The summed E-state index contributed by atoms with van der Waals surface area (Å²) in [4.78, 5) is 4.99. The first-order chi connectivity index (χ1) is 9.76. The van der Waals surface area contributed by atoms with Gasteiger partial charge in [0, 0.05) is 5.71 Å². The van der Waals surface area contributed by atoms with Crippen molar-refractivity contribution >= 4 is 17.0 Å². The molecule has 0 bridgehead atoms. The third-order valence-electron chi connectivity index (χ3n) is 4.85. The summed E-state index contributed by atoms with van der Waals surface area (Å²) < 4.78 is 0. The molecule has 1 atom stereocenters. The van der Waals surface area contributed by atoms with Gasteiger partial charge in [-0.25, -0.2) is 0 Å². The predicted molar refractivity (Wildman–Crippen MR) is 86.9 cm³/mol. The molecule has 20 heavy (non-hydrogen) atoms. The number of hydrogen-bond donors (Lipinski definition) is 0. The van der Waals surface area contributed by atoms with Crippen molar-refractivity contribution in [2.45, 2.75) is 44.6 Å². The monoisotopic (exact) mass is 281 g/mol. The van der Waals surface area contributed by atoms with E-state index in [1.165, 1.54) is 48.1 Å². The Morgan fingerprint density at radius 2 is 2.05 bits per heavy atom. The molecule has 2 heteroatoms. The van der Waals surface area contributed by atoms with Crippen LogP contribution in [0.15, 0.2) is 40.0 Å². The highest BCUT2D eigenvalue weighted by Gasteiger charge is 2.37. The second-order valence-electron chi connectivity index (χ2n) is 6.20. The SMILES string of the molecule is CC1=N[C@]2(CC1)CCc1c(cccc1-c1ccsc1)C2. The molecule has 0 fully saturated rings. The molecule has 1 nitrogen and oxygen atoms in total. The summed E-state index contributed by atoms with van der Waals surface area (Å²) in [6, 6.07) is 9.05. The summed E-state index contributed by atoms with van der Waals surface area (Å²) in [5.41, 5.74) is 7.49. The molecule has 0 saturated carbocycles. The minimum Gasteiger partial charge on any atom is -0.287 e. The molecule has 0 amide bonds. The highest BCUT2D eigenvalue weighted by molar-refractivity contribution is 7.08. The van der Waals surface area contributed by atoms with Crippen molar-refractivity contribution in [3.05, 3.63) is 46.2 Å². The lowest BCUT2D eigenvalue weighted by molar-refractivity contribution is 0.375. The Morgan fingerprint density at radius 3 is 2.80 bits per heavy atom. The lowest BCUT2D eigenvalue weighted by atomic mass is 9.75. The van der Waals surface area contributed by atoms with Gasteiger partial charge in [-0.05, 0) is 78.1 Å². The molecule has 0 N–H and O–H groups in total. The molecule has 2 heterocycles. The normalized spacial score (nSPS) is 24.8. The molecule has 1 spiro atoms. The lowest BCUT2D eigenvalue weighted by Gasteiger charge is -2.33. The van der Waals surface area contributed by atoms with Gasteiger partial charge < -0.3 is 0 Å². The van der Waals surface area contributed by atoms with Gasteiger partial charge in [-0.2, -0.15) is 11.3 Å². The number of fused-ring (bicyclic) bond motifs is 1. The van der Waals surface area contributed by atoms with Gasteiger partial charge in [-0.3, -0.25) is 4.99 Å². The Hall–Kier alpha value is -1.41. The average Bonchev–Trinajstić information content (AvgIpc) is 3.09. The molecule has 1 aromatic heterocycles. The Balaban J connectivity index is 1.76. The van der Waals surface area contributed by atoms with Gasteiger partial charge in [0.05, 0.1) is 5.54 Å². The van der Waals surface area contributed by atoms with Crippen molar-refractivity contribution in [2.75, 3.05) is 0 Å². The Kier molecular flexibility index (Phi) is 2.81. The van der Waals surface area contributed by atoms with Crippen molar-refractivity contribution in [3.63, 3.8) is 0 Å². The maximum absolute atomic E-state index is 4.99. The molecular weight excluding hydrogens is 262 g/mol. The van der Waals surface area contributed by atoms with Gasteiger partial charge in [-0.1, -0.05) is 18.2 Å². The van der Waals surface area contributed by atoms with Crippen molar-refractivity contribution in [2.24, 2.45) is 4.99 Å². The minimum absolute atomic E-state index is 0.227. The van der Waals surface area contributed by atoms with E-state index in [1.807, 2.05) is 0 Å². The zero-order valence-electron chi connectivity index (χ0n) is 11.9. The van der Waals surface area contributed by atoms with Crippen LogP contribution in [-0.4, -0.2) is 11.3 Å². The summed E-state index contributed by atoms with van der Waals surface area (Å²) in [7, 11) is 0. The topological polar surface area (TPSA) is 12.4 Å². The van der Waals surface area contributed by atoms with E-state index < -0.39 is 0 Å². The Morgan fingerprint density at radius 1 is 1.15 bits per heavy atom. The molecule has 2 aromatic rings. The summed E-state index contributed by atoms with van der Waals surface area (Å²) in [6.45, 7) is 2.19. The zero-order chi connectivity index (χ0) is 13.6. The van der Waals surface area contributed by atoms with Crippen LogP contribution in [0.2, 0.25) is 0 Å². The summed E-state index contributed by atoms with van der Waals surface area (Å²) in [6.07, 6.45) is 5.98. The van der Waals surface area contributed by atoms with E-state index in [1.54, 1.807) is 16.9 Å². The standard InChI is InChI=1S/C18H19NS/c1-13-5-8-18(19-13)9-6-17-14(11-18)3-2-4-16(17)15-7-10-20-12-15/h2-4,7,10,12H,5-6,8-9,11H2,1H3/t18-/m1/s1. The second kappa shape index (κ2) is 4.56. The zero-order valence-corrected chi connectivity index (χ0v) is 12.7. The molecule has 4 rings (SSSR count). The van der Waals surface area contributed by atoms with Crippen LogP contribution in [0.3, 0.4) is 0 Å². The van der Waals surface area contributed by atoms with E-state index in [2.05, 4.69) is 41.9 Å². The minimum atomic E-state index is 0.227. The van der Waals surface area contributed by atoms with Crippen LogP contribution in [0.1, 0.15) is 37.3 Å². The summed E-state index contributed by atoms with van der Waals surface area (Å²) in [5.74, 6) is 0. The van der Waals surface area contributed by atoms with Crippen LogP contribution in [0.5, 0.6) is 0 Å². The largest absolute Gasteiger partial charge is 0.287 e. The lowest BCUT2D eigenvalue weighted by Crippen LogP contribution is -2.32. The van der Waals surface area contributed by atoms with Crippen LogP contribution in [0, 0.1) is 0 Å². The number of aliphatic imine (C=N–C) groups is 1. The molecular formula is C18H19NS. The highest BCUT2D eigenvalue weighted by Crippen LogP contribution is 2.41. The van der Waals surface area contributed by atoms with E-state index in [-0.39, 0.29) is 5.54 Å². The van der Waals surface area contributed by atoms with Crippen LogP contribution in [0.4, 0.5) is 0 Å². The Labute approximate surface area is 124 Å². The van der Waals surface area contributed by atoms with E-state index >= 15 is 0 Å². The fraction of sp³-hybridized carbons (Fsp3) is 0.389. The number of rotatable bonds is 1. The highest BCUT2D eigenvalue weighted by atomic mass is 32.1. The van der Waals surface area contributed by atoms with Crippen molar-refractivity contribution in [1.82, 2.24) is 0 Å². The smallest absolute Gasteiger partial charge is 0.0654 e. The van der Waals surface area contributed by atoms with E-state index in [9.17, 15) is 0 Å². The number of hydrogen-bond acceptors (Lipinski definition) is 2. The number of nitrogens with zero attached hydrogens (tertiary/aromatic N) is 1. The fourth-order valence-electron chi connectivity index (χ4n) is 3.82. The number of thiophene rings is 1. The van der Waals surface area contributed by atoms with Crippen molar-refractivity contribution < 1.29 is 0 Å². The molecule has 2 aliphatic rings. The molecule has 1 aromatic carbocycles. The molecule has 0 saturated heterocycles. The van der Waals surface area contributed by atoms with Gasteiger partial charge in [0.2, 0.25) is 0 Å². The number of benzene rings is 1. The van der Waals surface area contributed by atoms with Gasteiger partial charge in [-0.15, -0.1) is 0 Å². The van der Waals surface area contributed by atoms with E-state index in [0.29, 0.717) is 0 Å². The Bertz CT molecular complexity index is 669. The molecule has 0 radical (unpaired) electrons. The molecule has 1 aliphatic heterocycles. The van der Waals surface area contributed by atoms with Crippen LogP contribution in [0.25, 0.3) is 11.1 Å².